The van der Waals surface area contributed by atoms with Crippen molar-refractivity contribution in [1.82, 2.24) is 4.98 Å². The number of ketones is 1. The SMILES string of the molecule is C#Cc1ccc(CC(C)=O)cn1.COc1cc(C=O)c([N+](=O)[O-])cc1OC.COc1cc(N)c(C=O)cc1OC. The Morgan fingerprint density at radius 2 is 1.45 bits per heavy atom. The van der Waals surface area contributed by atoms with Gasteiger partial charge in [0.1, 0.15) is 11.5 Å². The molecule has 3 aromatic rings. The summed E-state index contributed by atoms with van der Waals surface area (Å²) in [6.45, 7) is 1.55. The highest BCUT2D eigenvalue weighted by Crippen LogP contribution is 2.33. The molecule has 0 aliphatic heterocycles. The molecule has 0 unspecified atom stereocenters. The van der Waals surface area contributed by atoms with Crippen LogP contribution in [0.1, 0.15) is 38.9 Å². The van der Waals surface area contributed by atoms with Crippen LogP contribution in [0.3, 0.4) is 0 Å². The number of carbonyl (C=O) groups excluding carboxylic acids is 3. The fourth-order valence-corrected chi connectivity index (χ4v) is 3.05. The molecule has 2 aromatic carbocycles. The van der Waals surface area contributed by atoms with Gasteiger partial charge in [-0.1, -0.05) is 12.0 Å². The van der Waals surface area contributed by atoms with Crippen molar-refractivity contribution in [3.8, 4) is 35.3 Å². The molecule has 0 spiro atoms. The fourth-order valence-electron chi connectivity index (χ4n) is 3.05. The number of hydrogen-bond donors (Lipinski definition) is 1. The molecule has 0 aliphatic carbocycles. The van der Waals surface area contributed by atoms with Crippen molar-refractivity contribution in [1.29, 1.82) is 0 Å². The van der Waals surface area contributed by atoms with Gasteiger partial charge in [0.15, 0.2) is 35.6 Å². The Bertz CT molecular complexity index is 1380. The van der Waals surface area contributed by atoms with E-state index in [0.29, 0.717) is 47.4 Å². The van der Waals surface area contributed by atoms with Crippen LogP contribution < -0.4 is 24.7 Å². The van der Waals surface area contributed by atoms with E-state index in [4.69, 9.17) is 31.1 Å². The standard InChI is InChI=1S/C10H9NO.C9H9NO5.C9H11NO3/c1-3-10-5-4-9(7-11-10)6-8(2)12;1-14-8-3-6(5-11)7(10(12)13)4-9(8)15-2;1-12-8-3-6(5-11)7(10)4-9(8)13-2/h1,4-5,7H,6H2,2H3;3-5H,1-2H3;3-5H,10H2,1-2H3. The van der Waals surface area contributed by atoms with Gasteiger partial charge in [-0.2, -0.15) is 0 Å². The molecule has 40 heavy (non-hydrogen) atoms. The minimum Gasteiger partial charge on any atom is -0.493 e. The molecule has 0 saturated heterocycles. The van der Waals surface area contributed by atoms with Crippen LogP contribution in [0.5, 0.6) is 23.0 Å². The van der Waals surface area contributed by atoms with Gasteiger partial charge in [-0.15, -0.1) is 6.42 Å². The van der Waals surface area contributed by atoms with Gasteiger partial charge in [0.2, 0.25) is 0 Å². The normalized spacial score (nSPS) is 9.30. The number of aromatic nitrogens is 1. The average Bonchev–Trinajstić information content (AvgIpc) is 2.96. The van der Waals surface area contributed by atoms with E-state index < -0.39 is 4.92 Å². The highest BCUT2D eigenvalue weighted by atomic mass is 16.6. The Balaban J connectivity index is 0.000000302. The number of Topliss-reactive ketones (excluding diaryl/α,β-unsaturated/α-hetero) is 1. The van der Waals surface area contributed by atoms with E-state index in [9.17, 15) is 24.5 Å². The number of ether oxygens (including phenoxy) is 4. The average molecular weight is 552 g/mol. The van der Waals surface area contributed by atoms with Gasteiger partial charge in [0, 0.05) is 36.0 Å². The van der Waals surface area contributed by atoms with E-state index in [0.717, 1.165) is 11.6 Å². The van der Waals surface area contributed by atoms with E-state index in [1.807, 2.05) is 6.07 Å². The van der Waals surface area contributed by atoms with E-state index in [1.165, 1.54) is 34.5 Å². The first kappa shape index (κ1) is 32.6. The van der Waals surface area contributed by atoms with Gasteiger partial charge >= 0.3 is 0 Å². The number of rotatable bonds is 9. The van der Waals surface area contributed by atoms with Crippen LogP contribution in [0.15, 0.2) is 42.6 Å². The molecule has 0 radical (unpaired) electrons. The number of hydrogen-bond acceptors (Lipinski definition) is 11. The fraction of sp³-hybridized carbons (Fsp3) is 0.214. The van der Waals surface area contributed by atoms with Crippen LogP contribution in [0.4, 0.5) is 11.4 Å². The number of nitro benzene ring substituents is 1. The number of aldehydes is 2. The van der Waals surface area contributed by atoms with Gasteiger partial charge in [-0.05, 0) is 24.6 Å². The number of nitrogens with zero attached hydrogens (tertiary/aromatic N) is 2. The second-order valence-corrected chi connectivity index (χ2v) is 7.67. The van der Waals surface area contributed by atoms with Crippen molar-refractivity contribution in [3.05, 3.63) is 75.1 Å². The first-order chi connectivity index (χ1) is 19.1. The van der Waals surface area contributed by atoms with Crippen LogP contribution >= 0.6 is 0 Å². The van der Waals surface area contributed by atoms with Crippen molar-refractivity contribution in [3.63, 3.8) is 0 Å². The van der Waals surface area contributed by atoms with Gasteiger partial charge in [0.05, 0.1) is 45.0 Å². The zero-order chi connectivity index (χ0) is 30.2. The van der Waals surface area contributed by atoms with E-state index in [1.54, 1.807) is 31.3 Å². The molecule has 0 amide bonds. The molecule has 1 heterocycles. The zero-order valence-electron chi connectivity index (χ0n) is 22.6. The Morgan fingerprint density at radius 3 is 1.85 bits per heavy atom. The highest BCUT2D eigenvalue weighted by Gasteiger charge is 2.18. The summed E-state index contributed by atoms with van der Waals surface area (Å²) in [7, 11) is 5.76. The molecule has 3 rings (SSSR count). The molecule has 0 aliphatic rings. The summed E-state index contributed by atoms with van der Waals surface area (Å²) in [4.78, 5) is 45.7. The first-order valence-electron chi connectivity index (χ1n) is 11.3. The minimum atomic E-state index is -0.647. The molecule has 0 fully saturated rings. The van der Waals surface area contributed by atoms with E-state index in [2.05, 4.69) is 10.9 Å². The Morgan fingerprint density at radius 1 is 0.950 bits per heavy atom. The molecule has 12 nitrogen and oxygen atoms in total. The predicted molar refractivity (Wildman–Crippen MR) is 147 cm³/mol. The molecule has 0 saturated carbocycles. The van der Waals surface area contributed by atoms with Crippen LogP contribution in [0.2, 0.25) is 0 Å². The third-order valence-corrected chi connectivity index (χ3v) is 5.00. The summed E-state index contributed by atoms with van der Waals surface area (Å²) in [6, 6.07) is 9.08. The number of nitrogen functional groups attached to an aromatic ring is 1. The monoisotopic (exact) mass is 551 g/mol. The molecular weight excluding hydrogens is 522 g/mol. The Kier molecular flexibility index (Phi) is 13.4. The summed E-state index contributed by atoms with van der Waals surface area (Å²) < 4.78 is 19.8. The number of methoxy groups -OCH3 is 4. The minimum absolute atomic E-state index is 0.0438. The van der Waals surface area contributed by atoms with Crippen molar-refractivity contribution >= 4 is 29.7 Å². The van der Waals surface area contributed by atoms with Crippen LogP contribution in [-0.2, 0) is 11.2 Å². The van der Waals surface area contributed by atoms with E-state index in [-0.39, 0.29) is 28.5 Å². The summed E-state index contributed by atoms with van der Waals surface area (Å²) in [5.41, 5.74) is 7.50. The molecular formula is C28H29N3O9. The topological polar surface area (TPSA) is 170 Å². The maximum atomic E-state index is 10.7. The van der Waals surface area contributed by atoms with E-state index >= 15 is 0 Å². The predicted octanol–water partition coefficient (Wildman–Crippen LogP) is 3.72. The van der Waals surface area contributed by atoms with Gasteiger partial charge in [-0.3, -0.25) is 24.5 Å². The lowest BCUT2D eigenvalue weighted by molar-refractivity contribution is -0.385. The van der Waals surface area contributed by atoms with Crippen molar-refractivity contribution < 1.29 is 38.3 Å². The van der Waals surface area contributed by atoms with Crippen molar-refractivity contribution in [2.24, 2.45) is 0 Å². The first-order valence-corrected chi connectivity index (χ1v) is 11.3. The highest BCUT2D eigenvalue weighted by molar-refractivity contribution is 5.85. The number of benzene rings is 2. The number of pyridine rings is 1. The van der Waals surface area contributed by atoms with Crippen LogP contribution in [0.25, 0.3) is 0 Å². The van der Waals surface area contributed by atoms with Gasteiger partial charge in [0.25, 0.3) is 5.69 Å². The van der Waals surface area contributed by atoms with Crippen LogP contribution in [-0.4, -0.2) is 56.7 Å². The molecule has 12 heteroatoms. The quantitative estimate of drug-likeness (QED) is 0.135. The van der Waals surface area contributed by atoms with Crippen LogP contribution in [0, 0.1) is 22.5 Å². The maximum absolute atomic E-state index is 10.7. The lowest BCUT2D eigenvalue weighted by Gasteiger charge is -2.09. The molecule has 0 atom stereocenters. The molecule has 1 aromatic heterocycles. The zero-order valence-corrected chi connectivity index (χ0v) is 22.6. The van der Waals surface area contributed by atoms with Crippen molar-refractivity contribution in [2.75, 3.05) is 34.2 Å². The lowest BCUT2D eigenvalue weighted by Crippen LogP contribution is -1.98. The lowest BCUT2D eigenvalue weighted by atomic mass is 10.1. The third-order valence-electron chi connectivity index (χ3n) is 5.00. The maximum Gasteiger partial charge on any atom is 0.283 e. The summed E-state index contributed by atoms with van der Waals surface area (Å²) >= 11 is 0. The molecule has 210 valence electrons. The van der Waals surface area contributed by atoms with Gasteiger partial charge < -0.3 is 24.7 Å². The number of terminal acetylenes is 1. The second kappa shape index (κ2) is 16.4. The Hall–Kier alpha value is -5.44. The molecule has 0 bridgehead atoms. The number of carbonyl (C=O) groups is 3. The smallest absolute Gasteiger partial charge is 0.283 e. The van der Waals surface area contributed by atoms with Gasteiger partial charge in [-0.25, -0.2) is 4.98 Å². The third kappa shape index (κ3) is 9.46. The Labute approximate surface area is 231 Å². The largest absolute Gasteiger partial charge is 0.493 e. The van der Waals surface area contributed by atoms with Crippen molar-refractivity contribution in [2.45, 2.75) is 13.3 Å². The number of nitrogens with two attached hydrogens (primary N) is 1. The summed E-state index contributed by atoms with van der Waals surface area (Å²) in [5, 5.41) is 10.6. The number of nitro groups is 1. The summed E-state index contributed by atoms with van der Waals surface area (Å²) in [5.74, 6) is 4.06. The molecule has 2 N–H and O–H groups in total. The summed E-state index contributed by atoms with van der Waals surface area (Å²) in [6.07, 6.45) is 8.27. The number of anilines is 1. The second-order valence-electron chi connectivity index (χ2n) is 7.67.